The van der Waals surface area contributed by atoms with E-state index in [1.807, 2.05) is 6.92 Å². The van der Waals surface area contributed by atoms with Crippen molar-refractivity contribution in [2.75, 3.05) is 7.05 Å². The van der Waals surface area contributed by atoms with Crippen LogP contribution in [0.2, 0.25) is 0 Å². The normalized spacial score (nSPS) is 15.6. The zero-order valence-electron chi connectivity index (χ0n) is 9.51. The highest BCUT2D eigenvalue weighted by atomic mass is 16.4. The Balaban J connectivity index is 3.19. The zero-order chi connectivity index (χ0) is 12.2. The molecule has 0 aliphatic rings. The molecule has 1 heterocycles. The van der Waals surface area contributed by atoms with Gasteiger partial charge in [0.2, 0.25) is 0 Å². The number of amides is 1. The van der Waals surface area contributed by atoms with Crippen molar-refractivity contribution in [3.63, 3.8) is 0 Å². The lowest BCUT2D eigenvalue weighted by Gasteiger charge is -2.27. The van der Waals surface area contributed by atoms with Crippen LogP contribution in [0.1, 0.15) is 20.3 Å². The highest BCUT2D eigenvalue weighted by molar-refractivity contribution is 6.41. The Hall–Kier alpha value is -1.92. The van der Waals surface area contributed by atoms with Crippen LogP contribution in [0, 0.1) is 0 Å². The van der Waals surface area contributed by atoms with Gasteiger partial charge in [0, 0.05) is 7.05 Å². The molecule has 88 valence electrons. The summed E-state index contributed by atoms with van der Waals surface area (Å²) in [6, 6.07) is 0. The average molecular weight is 225 g/mol. The molecule has 16 heavy (non-hydrogen) atoms. The summed E-state index contributed by atoms with van der Waals surface area (Å²) in [5.41, 5.74) is -0.811. The number of aromatic nitrogens is 3. The molecule has 1 atom stereocenters. The van der Waals surface area contributed by atoms with Crippen LogP contribution in [0.25, 0.3) is 0 Å². The molecule has 0 aliphatic carbocycles. The standard InChI is InChI=1S/C9H15N5O2/c1-4-9(2,14-6-11-5-12-14)7(13-16)8(15)10-3/h5-6,16H,4H2,1-3H3,(H,10,15)/b13-7-. The number of nitrogens with one attached hydrogen (secondary N) is 1. The molecule has 7 heteroatoms. The first kappa shape index (κ1) is 12.2. The number of carbonyl (C=O) groups is 1. The minimum absolute atomic E-state index is 0.00278. The molecule has 1 amide bonds. The summed E-state index contributed by atoms with van der Waals surface area (Å²) >= 11 is 0. The van der Waals surface area contributed by atoms with Gasteiger partial charge in [-0.05, 0) is 13.3 Å². The van der Waals surface area contributed by atoms with Gasteiger partial charge >= 0.3 is 0 Å². The second-order valence-corrected chi connectivity index (χ2v) is 3.50. The molecule has 0 saturated carbocycles. The first-order chi connectivity index (χ1) is 7.60. The number of rotatable bonds is 4. The minimum Gasteiger partial charge on any atom is -0.410 e. The Morgan fingerprint density at radius 1 is 1.69 bits per heavy atom. The monoisotopic (exact) mass is 225 g/mol. The largest absolute Gasteiger partial charge is 0.410 e. The van der Waals surface area contributed by atoms with Crippen LogP contribution in [-0.4, -0.2) is 38.6 Å². The van der Waals surface area contributed by atoms with Crippen LogP contribution >= 0.6 is 0 Å². The van der Waals surface area contributed by atoms with Crippen molar-refractivity contribution >= 4 is 11.6 Å². The van der Waals surface area contributed by atoms with E-state index in [2.05, 4.69) is 20.6 Å². The summed E-state index contributed by atoms with van der Waals surface area (Å²) in [7, 11) is 1.48. The molecule has 0 bridgehead atoms. The van der Waals surface area contributed by atoms with E-state index in [0.29, 0.717) is 6.42 Å². The smallest absolute Gasteiger partial charge is 0.271 e. The third-order valence-corrected chi connectivity index (χ3v) is 2.67. The average Bonchev–Trinajstić information content (AvgIpc) is 2.83. The van der Waals surface area contributed by atoms with Crippen molar-refractivity contribution in [3.8, 4) is 0 Å². The molecule has 7 nitrogen and oxygen atoms in total. The molecule has 2 N–H and O–H groups in total. The second kappa shape index (κ2) is 4.73. The maximum atomic E-state index is 11.6. The summed E-state index contributed by atoms with van der Waals surface area (Å²) in [5.74, 6) is -0.442. The van der Waals surface area contributed by atoms with Gasteiger partial charge in [-0.2, -0.15) is 5.10 Å². The van der Waals surface area contributed by atoms with E-state index in [1.54, 1.807) is 6.92 Å². The quantitative estimate of drug-likeness (QED) is 0.428. The minimum atomic E-state index is -0.814. The summed E-state index contributed by atoms with van der Waals surface area (Å²) in [5, 5.41) is 18.4. The van der Waals surface area contributed by atoms with Gasteiger partial charge in [-0.3, -0.25) is 4.79 Å². The number of carbonyl (C=O) groups excluding carboxylic acids is 1. The van der Waals surface area contributed by atoms with Gasteiger partial charge in [0.1, 0.15) is 18.2 Å². The van der Waals surface area contributed by atoms with Crippen LogP contribution in [0.5, 0.6) is 0 Å². The SMILES string of the molecule is CCC(C)(/C(=N\O)C(=O)NC)n1cncn1. The van der Waals surface area contributed by atoms with Gasteiger partial charge in [0.25, 0.3) is 5.91 Å². The van der Waals surface area contributed by atoms with Crippen molar-refractivity contribution in [1.29, 1.82) is 0 Å². The number of hydrogen-bond donors (Lipinski definition) is 2. The number of oxime groups is 1. The van der Waals surface area contributed by atoms with E-state index in [-0.39, 0.29) is 5.71 Å². The lowest BCUT2D eigenvalue weighted by molar-refractivity contribution is -0.115. The molecule has 0 radical (unpaired) electrons. The Kier molecular flexibility index (Phi) is 3.60. The highest BCUT2D eigenvalue weighted by Crippen LogP contribution is 2.21. The third-order valence-electron chi connectivity index (χ3n) is 2.67. The summed E-state index contributed by atoms with van der Waals surface area (Å²) < 4.78 is 1.50. The summed E-state index contributed by atoms with van der Waals surface area (Å²) in [6.07, 6.45) is 3.40. The van der Waals surface area contributed by atoms with E-state index in [0.717, 1.165) is 0 Å². The first-order valence-corrected chi connectivity index (χ1v) is 4.89. The summed E-state index contributed by atoms with van der Waals surface area (Å²) in [6.45, 7) is 3.63. The Labute approximate surface area is 93.2 Å². The van der Waals surface area contributed by atoms with Crippen LogP contribution in [-0.2, 0) is 10.3 Å². The Morgan fingerprint density at radius 2 is 2.38 bits per heavy atom. The van der Waals surface area contributed by atoms with E-state index in [4.69, 9.17) is 5.21 Å². The van der Waals surface area contributed by atoms with E-state index < -0.39 is 11.4 Å². The summed E-state index contributed by atoms with van der Waals surface area (Å²) in [4.78, 5) is 15.4. The molecule has 0 saturated heterocycles. The van der Waals surface area contributed by atoms with Crippen molar-refractivity contribution in [1.82, 2.24) is 20.1 Å². The first-order valence-electron chi connectivity index (χ1n) is 4.89. The predicted octanol–water partition coefficient (Wildman–Crippen LogP) is -0.0205. The maximum Gasteiger partial charge on any atom is 0.271 e. The third kappa shape index (κ3) is 1.88. The van der Waals surface area contributed by atoms with Gasteiger partial charge in [-0.25, -0.2) is 9.67 Å². The molecule has 0 fully saturated rings. The Morgan fingerprint density at radius 3 is 2.75 bits per heavy atom. The highest BCUT2D eigenvalue weighted by Gasteiger charge is 2.36. The fourth-order valence-corrected chi connectivity index (χ4v) is 1.42. The lowest BCUT2D eigenvalue weighted by atomic mass is 9.92. The molecule has 0 aliphatic heterocycles. The molecular weight excluding hydrogens is 210 g/mol. The molecule has 1 unspecified atom stereocenters. The van der Waals surface area contributed by atoms with E-state index >= 15 is 0 Å². The van der Waals surface area contributed by atoms with Gasteiger partial charge in [0.05, 0.1) is 0 Å². The zero-order valence-corrected chi connectivity index (χ0v) is 9.51. The van der Waals surface area contributed by atoms with Crippen LogP contribution in [0.15, 0.2) is 17.8 Å². The number of hydrogen-bond acceptors (Lipinski definition) is 5. The van der Waals surface area contributed by atoms with Crippen molar-refractivity contribution in [2.45, 2.75) is 25.8 Å². The molecule has 1 rings (SSSR count). The van der Waals surface area contributed by atoms with Crippen LogP contribution < -0.4 is 5.32 Å². The molecular formula is C9H15N5O2. The van der Waals surface area contributed by atoms with Crippen molar-refractivity contribution in [2.24, 2.45) is 5.16 Å². The van der Waals surface area contributed by atoms with Crippen LogP contribution in [0.4, 0.5) is 0 Å². The molecule has 1 aromatic rings. The second-order valence-electron chi connectivity index (χ2n) is 3.50. The lowest BCUT2D eigenvalue weighted by Crippen LogP contribution is -2.47. The maximum absolute atomic E-state index is 11.6. The fraction of sp³-hybridized carbons (Fsp3) is 0.556. The van der Waals surface area contributed by atoms with Gasteiger partial charge in [-0.15, -0.1) is 0 Å². The topological polar surface area (TPSA) is 92.4 Å². The molecule has 1 aromatic heterocycles. The van der Waals surface area contributed by atoms with Gasteiger partial charge in [0.15, 0.2) is 5.71 Å². The van der Waals surface area contributed by atoms with Crippen molar-refractivity contribution < 1.29 is 10.0 Å². The van der Waals surface area contributed by atoms with Gasteiger partial charge < -0.3 is 10.5 Å². The Bertz CT molecular complexity index is 387. The number of nitrogens with zero attached hydrogens (tertiary/aromatic N) is 4. The van der Waals surface area contributed by atoms with Crippen molar-refractivity contribution in [3.05, 3.63) is 12.7 Å². The van der Waals surface area contributed by atoms with E-state index in [9.17, 15) is 4.79 Å². The van der Waals surface area contributed by atoms with Gasteiger partial charge in [-0.1, -0.05) is 12.1 Å². The van der Waals surface area contributed by atoms with Crippen LogP contribution in [0.3, 0.4) is 0 Å². The molecule has 0 spiro atoms. The predicted molar refractivity (Wildman–Crippen MR) is 57.2 cm³/mol. The fourth-order valence-electron chi connectivity index (χ4n) is 1.42. The molecule has 0 aromatic carbocycles. The van der Waals surface area contributed by atoms with E-state index in [1.165, 1.54) is 24.4 Å².